The van der Waals surface area contributed by atoms with Gasteiger partial charge >= 0.3 is 5.97 Å². The van der Waals surface area contributed by atoms with Crippen molar-refractivity contribution >= 4 is 5.97 Å². The predicted molar refractivity (Wildman–Crippen MR) is 84.6 cm³/mol. The van der Waals surface area contributed by atoms with Gasteiger partial charge in [0.2, 0.25) is 5.76 Å². The molecule has 1 aromatic carbocycles. The fraction of sp³-hybridized carbons (Fsp3) is 0.471. The number of hydrogen-bond acceptors (Lipinski definition) is 5. The summed E-state index contributed by atoms with van der Waals surface area (Å²) in [5.74, 6) is -3.67. The molecule has 0 fully saturated rings. The molecule has 0 saturated heterocycles. The van der Waals surface area contributed by atoms with Crippen molar-refractivity contribution < 1.29 is 29.6 Å². The van der Waals surface area contributed by atoms with Crippen LogP contribution >= 0.6 is 0 Å². The third kappa shape index (κ3) is 7.67. The molecule has 23 heavy (non-hydrogen) atoms. The van der Waals surface area contributed by atoms with E-state index in [0.29, 0.717) is 0 Å². The van der Waals surface area contributed by atoms with Crippen LogP contribution in [0.15, 0.2) is 41.9 Å². The molecule has 1 atom stereocenters. The molecule has 6 heteroatoms. The summed E-state index contributed by atoms with van der Waals surface area (Å²) in [4.78, 5) is 11.0. The smallest absolute Gasteiger partial charge is 0.374 e. The molecule has 3 N–H and O–H groups in total. The number of aliphatic hydroxyl groups is 2. The molecular weight excluding hydrogens is 300 g/mol. The number of ether oxygens (including phenoxy) is 2. The summed E-state index contributed by atoms with van der Waals surface area (Å²) in [6.45, 7) is 5.20. The lowest BCUT2D eigenvalue weighted by Crippen LogP contribution is -2.26. The van der Waals surface area contributed by atoms with Crippen molar-refractivity contribution in [2.45, 2.75) is 39.6 Å². The van der Waals surface area contributed by atoms with E-state index in [0.717, 1.165) is 5.56 Å². The molecule has 6 nitrogen and oxygen atoms in total. The second kappa shape index (κ2) is 8.55. The van der Waals surface area contributed by atoms with Gasteiger partial charge in [-0.25, -0.2) is 4.79 Å². The summed E-state index contributed by atoms with van der Waals surface area (Å²) in [6.07, 6.45) is 0.182. The molecule has 0 aliphatic heterocycles. The van der Waals surface area contributed by atoms with E-state index >= 15 is 0 Å². The minimum absolute atomic E-state index is 0.00630. The maximum Gasteiger partial charge on any atom is 0.374 e. The number of aliphatic hydroxyl groups excluding tert-OH is 1. The molecule has 0 aliphatic rings. The number of rotatable bonds is 9. The fourth-order valence-electron chi connectivity index (χ4n) is 1.81. The van der Waals surface area contributed by atoms with Gasteiger partial charge in [-0.15, -0.1) is 0 Å². The Morgan fingerprint density at radius 1 is 1.22 bits per heavy atom. The first kappa shape index (κ1) is 19.0. The van der Waals surface area contributed by atoms with E-state index in [9.17, 15) is 15.0 Å². The van der Waals surface area contributed by atoms with Crippen molar-refractivity contribution in [1.82, 2.24) is 0 Å². The van der Waals surface area contributed by atoms with Gasteiger partial charge in [0, 0.05) is 6.42 Å². The molecule has 1 aromatic rings. The van der Waals surface area contributed by atoms with Gasteiger partial charge in [-0.05, 0) is 25.3 Å². The molecule has 0 saturated carbocycles. The topological polar surface area (TPSA) is 96.2 Å². The number of benzene rings is 1. The SMILES string of the molecule is C[C@@H](COC(C)(C)O)C/C(OCc1ccccc1)=C(/O)C(=O)O. The Morgan fingerprint density at radius 3 is 2.35 bits per heavy atom. The summed E-state index contributed by atoms with van der Waals surface area (Å²) in [6, 6.07) is 9.25. The largest absolute Gasteiger partial charge is 0.499 e. The first-order valence-corrected chi connectivity index (χ1v) is 7.37. The number of allylic oxidation sites excluding steroid dienone is 1. The molecule has 0 heterocycles. The summed E-state index contributed by atoms with van der Waals surface area (Å²) in [5, 5.41) is 28.2. The summed E-state index contributed by atoms with van der Waals surface area (Å²) in [7, 11) is 0. The van der Waals surface area contributed by atoms with Crippen molar-refractivity contribution in [2.24, 2.45) is 5.92 Å². The van der Waals surface area contributed by atoms with Crippen LogP contribution in [0.25, 0.3) is 0 Å². The van der Waals surface area contributed by atoms with Gasteiger partial charge in [0.25, 0.3) is 0 Å². The van der Waals surface area contributed by atoms with Crippen LogP contribution < -0.4 is 0 Å². The highest BCUT2D eigenvalue weighted by molar-refractivity contribution is 5.84. The molecule has 0 aliphatic carbocycles. The third-order valence-electron chi connectivity index (χ3n) is 2.98. The van der Waals surface area contributed by atoms with E-state index in [4.69, 9.17) is 14.6 Å². The monoisotopic (exact) mass is 324 g/mol. The van der Waals surface area contributed by atoms with Crippen molar-refractivity contribution in [3.05, 3.63) is 47.4 Å². The van der Waals surface area contributed by atoms with E-state index in [-0.39, 0.29) is 31.3 Å². The van der Waals surface area contributed by atoms with Gasteiger partial charge in [-0.3, -0.25) is 0 Å². The Labute approximate surface area is 136 Å². The minimum Gasteiger partial charge on any atom is -0.499 e. The molecule has 1 rings (SSSR count). The second-order valence-corrected chi connectivity index (χ2v) is 5.92. The Hall–Kier alpha value is -2.05. The normalized spacial score (nSPS) is 14.1. The zero-order chi connectivity index (χ0) is 17.5. The van der Waals surface area contributed by atoms with Crippen LogP contribution in [0.5, 0.6) is 0 Å². The van der Waals surface area contributed by atoms with Crippen LogP contribution in [0.3, 0.4) is 0 Å². The van der Waals surface area contributed by atoms with E-state index in [1.807, 2.05) is 37.3 Å². The number of hydrogen-bond donors (Lipinski definition) is 3. The highest BCUT2D eigenvalue weighted by Crippen LogP contribution is 2.20. The fourth-order valence-corrected chi connectivity index (χ4v) is 1.81. The van der Waals surface area contributed by atoms with Gasteiger partial charge in [0.1, 0.15) is 12.4 Å². The highest BCUT2D eigenvalue weighted by Gasteiger charge is 2.20. The Bertz CT molecular complexity index is 530. The van der Waals surface area contributed by atoms with Crippen LogP contribution in [0.4, 0.5) is 0 Å². The summed E-state index contributed by atoms with van der Waals surface area (Å²) >= 11 is 0. The molecule has 0 aromatic heterocycles. The van der Waals surface area contributed by atoms with Gasteiger partial charge in [0.15, 0.2) is 5.79 Å². The summed E-state index contributed by atoms with van der Waals surface area (Å²) in [5.41, 5.74) is 0.864. The lowest BCUT2D eigenvalue weighted by molar-refractivity contribution is -0.182. The van der Waals surface area contributed by atoms with E-state index in [1.165, 1.54) is 13.8 Å². The quantitative estimate of drug-likeness (QED) is 0.367. The van der Waals surface area contributed by atoms with Crippen molar-refractivity contribution in [3.8, 4) is 0 Å². The van der Waals surface area contributed by atoms with Crippen LogP contribution in [0.1, 0.15) is 32.8 Å². The summed E-state index contributed by atoms with van der Waals surface area (Å²) < 4.78 is 10.7. The maximum absolute atomic E-state index is 11.0. The van der Waals surface area contributed by atoms with Gasteiger partial charge < -0.3 is 24.8 Å². The third-order valence-corrected chi connectivity index (χ3v) is 2.98. The van der Waals surface area contributed by atoms with E-state index in [2.05, 4.69) is 0 Å². The lowest BCUT2D eigenvalue weighted by Gasteiger charge is -2.22. The number of carboxylic acids is 1. The van der Waals surface area contributed by atoms with Crippen molar-refractivity contribution in [3.63, 3.8) is 0 Å². The minimum atomic E-state index is -1.44. The standard InChI is InChI=1S/C17H24O6/c1-12(10-23-17(2,3)21)9-14(15(18)16(19)20)22-11-13-7-5-4-6-8-13/h4-8,12,18,21H,9-11H2,1-3H3,(H,19,20)/b15-14-/t12-/m1/s1. The Morgan fingerprint density at radius 2 is 1.83 bits per heavy atom. The average Bonchev–Trinajstić information content (AvgIpc) is 2.49. The molecule has 0 amide bonds. The Kier molecular flexibility index (Phi) is 7.06. The van der Waals surface area contributed by atoms with E-state index in [1.54, 1.807) is 0 Å². The zero-order valence-corrected chi connectivity index (χ0v) is 13.7. The van der Waals surface area contributed by atoms with Crippen molar-refractivity contribution in [2.75, 3.05) is 6.61 Å². The highest BCUT2D eigenvalue weighted by atomic mass is 16.6. The van der Waals surface area contributed by atoms with Gasteiger partial charge in [-0.1, -0.05) is 37.3 Å². The average molecular weight is 324 g/mol. The van der Waals surface area contributed by atoms with Gasteiger partial charge in [-0.2, -0.15) is 0 Å². The first-order chi connectivity index (χ1) is 10.7. The molecule has 0 bridgehead atoms. The molecule has 0 unspecified atom stereocenters. The number of carbonyl (C=O) groups is 1. The Balaban J connectivity index is 2.70. The van der Waals surface area contributed by atoms with E-state index < -0.39 is 17.5 Å². The second-order valence-electron chi connectivity index (χ2n) is 5.92. The maximum atomic E-state index is 11.0. The number of carboxylic acid groups (broad SMARTS) is 1. The molecule has 0 spiro atoms. The van der Waals surface area contributed by atoms with Crippen LogP contribution in [0, 0.1) is 5.92 Å². The van der Waals surface area contributed by atoms with Gasteiger partial charge in [0.05, 0.1) is 6.61 Å². The molecule has 0 radical (unpaired) electrons. The number of aliphatic carboxylic acids is 1. The zero-order valence-electron chi connectivity index (χ0n) is 13.7. The van der Waals surface area contributed by atoms with Crippen molar-refractivity contribution in [1.29, 1.82) is 0 Å². The van der Waals surface area contributed by atoms with Crippen LogP contribution in [-0.4, -0.2) is 33.7 Å². The van der Waals surface area contributed by atoms with Crippen LogP contribution in [0.2, 0.25) is 0 Å². The first-order valence-electron chi connectivity index (χ1n) is 7.37. The predicted octanol–water partition coefficient (Wildman–Crippen LogP) is 2.83. The lowest BCUT2D eigenvalue weighted by atomic mass is 10.1. The molecule has 128 valence electrons. The van der Waals surface area contributed by atoms with Crippen LogP contribution in [-0.2, 0) is 20.9 Å². The molecular formula is C17H24O6.